The Morgan fingerprint density at radius 1 is 1.21 bits per heavy atom. The number of alkyl halides is 3. The van der Waals surface area contributed by atoms with Crippen molar-refractivity contribution in [3.63, 3.8) is 0 Å². The minimum Gasteiger partial charge on any atom is -0.444 e. The van der Waals surface area contributed by atoms with Crippen LogP contribution in [0.1, 0.15) is 11.3 Å². The fraction of sp³-hybridized carbons (Fsp3) is 0.125. The molecular formula is C16H10ClF3N2O2. The lowest BCUT2D eigenvalue weighted by atomic mass is 10.2. The molecule has 0 N–H and O–H groups in total. The molecule has 2 aromatic heterocycles. The monoisotopic (exact) mass is 354 g/mol. The molecule has 0 radical (unpaired) electrons. The molecule has 8 heteroatoms. The van der Waals surface area contributed by atoms with Gasteiger partial charge in [0, 0.05) is 22.8 Å². The molecule has 0 saturated carbocycles. The molecule has 0 atom stereocenters. The maximum Gasteiger partial charge on any atom is 0.417 e. The predicted molar refractivity (Wildman–Crippen MR) is 81.8 cm³/mol. The van der Waals surface area contributed by atoms with Gasteiger partial charge >= 0.3 is 6.18 Å². The van der Waals surface area contributed by atoms with Crippen LogP contribution in [0, 0.1) is 0 Å². The second kappa shape index (κ2) is 6.16. The zero-order valence-corrected chi connectivity index (χ0v) is 12.8. The molecule has 0 spiro atoms. The van der Waals surface area contributed by atoms with Crippen LogP contribution in [-0.2, 0) is 12.7 Å². The molecule has 0 bridgehead atoms. The van der Waals surface area contributed by atoms with Gasteiger partial charge in [-0.25, -0.2) is 4.98 Å². The second-order valence-corrected chi connectivity index (χ2v) is 5.47. The number of rotatable bonds is 3. The number of aromatic nitrogens is 2. The zero-order chi connectivity index (χ0) is 17.3. The summed E-state index contributed by atoms with van der Waals surface area (Å²) in [7, 11) is 0. The van der Waals surface area contributed by atoms with Gasteiger partial charge in [0.1, 0.15) is 6.26 Å². The van der Waals surface area contributed by atoms with E-state index >= 15 is 0 Å². The van der Waals surface area contributed by atoms with Gasteiger partial charge in [-0.15, -0.1) is 0 Å². The Balaban J connectivity index is 1.89. The topological polar surface area (TPSA) is 48.0 Å². The van der Waals surface area contributed by atoms with Crippen LogP contribution in [0.15, 0.2) is 58.1 Å². The van der Waals surface area contributed by atoms with Crippen LogP contribution in [0.4, 0.5) is 13.2 Å². The summed E-state index contributed by atoms with van der Waals surface area (Å²) >= 11 is 5.89. The molecule has 0 saturated heterocycles. The highest BCUT2D eigenvalue weighted by molar-refractivity contribution is 6.30. The van der Waals surface area contributed by atoms with E-state index in [1.807, 2.05) is 0 Å². The summed E-state index contributed by atoms with van der Waals surface area (Å²) in [6.07, 6.45) is -2.47. The van der Waals surface area contributed by atoms with Gasteiger partial charge in [0.2, 0.25) is 5.89 Å². The third-order valence-electron chi connectivity index (χ3n) is 3.27. The Labute approximate surface area is 139 Å². The van der Waals surface area contributed by atoms with E-state index < -0.39 is 17.3 Å². The quantitative estimate of drug-likeness (QED) is 0.707. The normalized spacial score (nSPS) is 11.7. The number of halogens is 4. The highest BCUT2D eigenvalue weighted by Crippen LogP contribution is 2.28. The average molecular weight is 355 g/mol. The third kappa shape index (κ3) is 3.51. The van der Waals surface area contributed by atoms with Crippen molar-refractivity contribution < 1.29 is 17.6 Å². The van der Waals surface area contributed by atoms with Crippen molar-refractivity contribution >= 4 is 11.6 Å². The Hall–Kier alpha value is -2.54. The highest BCUT2D eigenvalue weighted by Gasteiger charge is 2.31. The van der Waals surface area contributed by atoms with Gasteiger partial charge in [0.25, 0.3) is 5.56 Å². The fourth-order valence-corrected chi connectivity index (χ4v) is 2.32. The van der Waals surface area contributed by atoms with Crippen LogP contribution >= 0.6 is 11.6 Å². The molecule has 0 unspecified atom stereocenters. The van der Waals surface area contributed by atoms with Gasteiger partial charge < -0.3 is 8.98 Å². The molecule has 0 fully saturated rings. The largest absolute Gasteiger partial charge is 0.444 e. The van der Waals surface area contributed by atoms with Gasteiger partial charge in [-0.1, -0.05) is 17.7 Å². The number of oxazole rings is 1. The van der Waals surface area contributed by atoms with E-state index in [9.17, 15) is 18.0 Å². The summed E-state index contributed by atoms with van der Waals surface area (Å²) in [5.41, 5.74) is -0.507. The maximum absolute atomic E-state index is 12.7. The minimum atomic E-state index is -4.52. The molecule has 0 aliphatic heterocycles. The molecule has 0 aliphatic rings. The molecule has 3 rings (SSSR count). The van der Waals surface area contributed by atoms with E-state index in [-0.39, 0.29) is 12.4 Å². The minimum absolute atomic E-state index is 0.132. The van der Waals surface area contributed by atoms with Crippen molar-refractivity contribution in [1.29, 1.82) is 0 Å². The van der Waals surface area contributed by atoms with Gasteiger partial charge in [0.05, 0.1) is 17.8 Å². The number of hydrogen-bond acceptors (Lipinski definition) is 3. The summed E-state index contributed by atoms with van der Waals surface area (Å²) < 4.78 is 44.5. The molecule has 24 heavy (non-hydrogen) atoms. The molecule has 2 heterocycles. The first-order chi connectivity index (χ1) is 11.3. The van der Waals surface area contributed by atoms with Crippen molar-refractivity contribution in [3.05, 3.63) is 75.5 Å². The molecular weight excluding hydrogens is 345 g/mol. The molecule has 4 nitrogen and oxygen atoms in total. The maximum atomic E-state index is 12.7. The van der Waals surface area contributed by atoms with Crippen molar-refractivity contribution in [3.8, 4) is 11.5 Å². The van der Waals surface area contributed by atoms with Crippen molar-refractivity contribution in [2.24, 2.45) is 0 Å². The van der Waals surface area contributed by atoms with Crippen molar-refractivity contribution in [2.75, 3.05) is 0 Å². The average Bonchev–Trinajstić information content (AvgIpc) is 2.97. The first-order valence-electron chi connectivity index (χ1n) is 6.81. The van der Waals surface area contributed by atoms with Crippen LogP contribution < -0.4 is 5.56 Å². The highest BCUT2D eigenvalue weighted by atomic mass is 35.5. The van der Waals surface area contributed by atoms with Crippen LogP contribution in [-0.4, -0.2) is 9.55 Å². The molecule has 0 aliphatic carbocycles. The van der Waals surface area contributed by atoms with Crippen molar-refractivity contribution in [1.82, 2.24) is 9.55 Å². The Morgan fingerprint density at radius 2 is 2.00 bits per heavy atom. The second-order valence-electron chi connectivity index (χ2n) is 5.04. The lowest BCUT2D eigenvalue weighted by Crippen LogP contribution is -2.22. The van der Waals surface area contributed by atoms with E-state index in [1.54, 1.807) is 24.3 Å². The van der Waals surface area contributed by atoms with Crippen LogP contribution in [0.5, 0.6) is 0 Å². The van der Waals surface area contributed by atoms with E-state index in [2.05, 4.69) is 4.98 Å². The molecule has 3 aromatic rings. The molecule has 1 aromatic carbocycles. The first-order valence-corrected chi connectivity index (χ1v) is 7.19. The van der Waals surface area contributed by atoms with Gasteiger partial charge in [0.15, 0.2) is 0 Å². The van der Waals surface area contributed by atoms with Gasteiger partial charge in [-0.2, -0.15) is 13.2 Å². The Bertz CT molecular complexity index is 931. The summed E-state index contributed by atoms with van der Waals surface area (Å²) in [4.78, 5) is 15.9. The molecule has 124 valence electrons. The van der Waals surface area contributed by atoms with E-state index in [0.29, 0.717) is 16.3 Å². The lowest BCUT2D eigenvalue weighted by molar-refractivity contribution is -0.138. The SMILES string of the molecule is O=c1ccc(C(F)(F)F)cn1Cc1coc(-c2cccc(Cl)c2)n1. The first kappa shape index (κ1) is 16.3. The van der Waals surface area contributed by atoms with Gasteiger partial charge in [-0.3, -0.25) is 4.79 Å². The summed E-state index contributed by atoms with van der Waals surface area (Å²) in [6.45, 7) is -0.132. The lowest BCUT2D eigenvalue weighted by Gasteiger charge is -2.09. The van der Waals surface area contributed by atoms with Crippen molar-refractivity contribution in [2.45, 2.75) is 12.7 Å². The standard InChI is InChI=1S/C16H10ClF3N2O2/c17-12-3-1-2-10(6-12)15-21-13(9-24-15)8-22-7-11(16(18,19)20)4-5-14(22)23/h1-7,9H,8H2. The van der Waals surface area contributed by atoms with Crippen LogP contribution in [0.25, 0.3) is 11.5 Å². The summed E-state index contributed by atoms with van der Waals surface area (Å²) in [5, 5.41) is 0.501. The fourth-order valence-electron chi connectivity index (χ4n) is 2.13. The predicted octanol–water partition coefficient (Wildman–Crippen LogP) is 4.22. The number of benzene rings is 1. The van der Waals surface area contributed by atoms with Crippen LogP contribution in [0.2, 0.25) is 5.02 Å². The van der Waals surface area contributed by atoms with E-state index in [0.717, 1.165) is 22.9 Å². The number of pyridine rings is 1. The summed E-state index contributed by atoms with van der Waals surface area (Å²) in [5.74, 6) is 0.271. The number of hydrogen-bond donors (Lipinski definition) is 0. The third-order valence-corrected chi connectivity index (χ3v) is 3.50. The smallest absolute Gasteiger partial charge is 0.417 e. The van der Waals surface area contributed by atoms with Gasteiger partial charge in [-0.05, 0) is 24.3 Å². The van der Waals surface area contributed by atoms with E-state index in [4.69, 9.17) is 16.0 Å². The Morgan fingerprint density at radius 3 is 2.71 bits per heavy atom. The van der Waals surface area contributed by atoms with Crippen LogP contribution in [0.3, 0.4) is 0 Å². The summed E-state index contributed by atoms with van der Waals surface area (Å²) in [6, 6.07) is 8.42. The zero-order valence-electron chi connectivity index (χ0n) is 12.0. The number of nitrogens with zero attached hydrogens (tertiary/aromatic N) is 2. The Kier molecular flexibility index (Phi) is 4.19. The molecule has 0 amide bonds. The van der Waals surface area contributed by atoms with E-state index in [1.165, 1.54) is 6.26 Å².